The van der Waals surface area contributed by atoms with E-state index < -0.39 is 11.8 Å². The van der Waals surface area contributed by atoms with Crippen molar-refractivity contribution in [1.29, 1.82) is 0 Å². The average molecular weight is 433 g/mol. The molecule has 0 amide bonds. The average Bonchev–Trinajstić information content (AvgIpc) is 2.64. The summed E-state index contributed by atoms with van der Waals surface area (Å²) < 4.78 is 10.8. The van der Waals surface area contributed by atoms with Gasteiger partial charge in [0, 0.05) is 6.42 Å². The van der Waals surface area contributed by atoms with Gasteiger partial charge in [-0.3, -0.25) is 4.79 Å². The first kappa shape index (κ1) is 26.7. The number of benzene rings is 1. The van der Waals surface area contributed by atoms with E-state index in [0.717, 1.165) is 25.0 Å². The minimum Gasteiger partial charge on any atom is -0.512 e. The number of rotatable bonds is 12. The molecule has 1 N–H and O–H groups in total. The second-order valence-electron chi connectivity index (χ2n) is 9.97. The zero-order valence-electron chi connectivity index (χ0n) is 20.3. The first-order valence-electron chi connectivity index (χ1n) is 11.2. The van der Waals surface area contributed by atoms with Crippen LogP contribution in [-0.4, -0.2) is 30.1 Å². The molecule has 0 bridgehead atoms. The Hall–Kier alpha value is -2.30. The third-order valence-electron chi connectivity index (χ3n) is 5.00. The van der Waals surface area contributed by atoms with Crippen LogP contribution in [0.4, 0.5) is 0 Å². The molecular weight excluding hydrogens is 392 g/mol. The summed E-state index contributed by atoms with van der Waals surface area (Å²) in [7, 11) is 0. The van der Waals surface area contributed by atoms with Gasteiger partial charge in [-0.25, -0.2) is 4.79 Å². The number of allylic oxidation sites excluding steroid dienone is 1. The molecule has 0 spiro atoms. The summed E-state index contributed by atoms with van der Waals surface area (Å²) in [5.41, 5.74) is 1.31. The van der Waals surface area contributed by atoms with Crippen molar-refractivity contribution in [1.82, 2.24) is 0 Å². The normalized spacial score (nSPS) is 12.9. The van der Waals surface area contributed by atoms with Gasteiger partial charge in [-0.05, 0) is 54.7 Å². The van der Waals surface area contributed by atoms with Crippen molar-refractivity contribution < 1.29 is 24.2 Å². The number of carbonyl (C=O) groups excluding carboxylic acids is 2. The fourth-order valence-corrected chi connectivity index (χ4v) is 3.82. The van der Waals surface area contributed by atoms with Crippen LogP contribution >= 0.6 is 0 Å². The molecule has 0 saturated heterocycles. The van der Waals surface area contributed by atoms with E-state index in [2.05, 4.69) is 46.8 Å². The Labute approximate surface area is 187 Å². The van der Waals surface area contributed by atoms with E-state index >= 15 is 0 Å². The largest absolute Gasteiger partial charge is 0.512 e. The molecule has 0 aromatic heterocycles. The highest BCUT2D eigenvalue weighted by Gasteiger charge is 2.27. The monoisotopic (exact) mass is 432 g/mol. The molecule has 31 heavy (non-hydrogen) atoms. The summed E-state index contributed by atoms with van der Waals surface area (Å²) in [5.74, 6) is -0.742. The van der Waals surface area contributed by atoms with Crippen molar-refractivity contribution in [2.24, 2.45) is 5.41 Å². The summed E-state index contributed by atoms with van der Waals surface area (Å²) in [5, 5.41) is 9.73. The van der Waals surface area contributed by atoms with E-state index in [1.165, 1.54) is 12.5 Å². The van der Waals surface area contributed by atoms with Crippen molar-refractivity contribution in [3.8, 4) is 5.75 Å². The maximum absolute atomic E-state index is 12.4. The van der Waals surface area contributed by atoms with Gasteiger partial charge in [0.2, 0.25) is 0 Å². The number of carbonyl (C=O) groups is 2. The molecular formula is C26H40O5. The number of esters is 1. The van der Waals surface area contributed by atoms with Crippen LogP contribution < -0.4 is 4.74 Å². The SMILES string of the molecule is CCCCOC(=O)/C(C(=O)CCCOc1ccc(C(C)(C)CC(C)(C)C)cc1)=C(\C)O. The molecule has 0 aliphatic heterocycles. The van der Waals surface area contributed by atoms with Crippen LogP contribution in [0.5, 0.6) is 5.75 Å². The van der Waals surface area contributed by atoms with Gasteiger partial charge < -0.3 is 14.6 Å². The van der Waals surface area contributed by atoms with E-state index in [1.807, 2.05) is 19.1 Å². The standard InChI is InChI=1S/C26H40O5/c1-8-9-16-31-24(29)23(19(2)27)22(28)11-10-17-30-21-14-12-20(13-15-21)26(6,7)18-25(3,4)5/h12-15,27H,8-11,16-18H2,1-7H3/b23-19+. The topological polar surface area (TPSA) is 72.8 Å². The Kier molecular flexibility index (Phi) is 10.3. The lowest BCUT2D eigenvalue weighted by Crippen LogP contribution is -2.24. The third kappa shape index (κ3) is 9.58. The van der Waals surface area contributed by atoms with Crippen LogP contribution in [0, 0.1) is 5.41 Å². The summed E-state index contributed by atoms with van der Waals surface area (Å²) in [4.78, 5) is 24.4. The Morgan fingerprint density at radius 2 is 1.58 bits per heavy atom. The van der Waals surface area contributed by atoms with Crippen LogP contribution in [0.3, 0.4) is 0 Å². The van der Waals surface area contributed by atoms with Crippen LogP contribution in [0.2, 0.25) is 0 Å². The van der Waals surface area contributed by atoms with Crippen molar-refractivity contribution in [2.75, 3.05) is 13.2 Å². The molecule has 0 fully saturated rings. The van der Waals surface area contributed by atoms with Crippen molar-refractivity contribution in [3.05, 3.63) is 41.2 Å². The predicted octanol–water partition coefficient (Wildman–Crippen LogP) is 6.30. The lowest BCUT2D eigenvalue weighted by Gasteiger charge is -2.33. The fourth-order valence-electron chi connectivity index (χ4n) is 3.82. The fraction of sp³-hybridized carbons (Fsp3) is 0.615. The summed E-state index contributed by atoms with van der Waals surface area (Å²) in [6, 6.07) is 8.09. The van der Waals surface area contributed by atoms with Gasteiger partial charge in [0.05, 0.1) is 13.2 Å². The van der Waals surface area contributed by atoms with Gasteiger partial charge in [-0.1, -0.05) is 60.1 Å². The summed E-state index contributed by atoms with van der Waals surface area (Å²) >= 11 is 0. The highest BCUT2D eigenvalue weighted by atomic mass is 16.5. The predicted molar refractivity (Wildman–Crippen MR) is 124 cm³/mol. The number of ketones is 1. The number of Topliss-reactive ketones (excluding diaryl/α,β-unsaturated/α-hetero) is 1. The molecule has 174 valence electrons. The summed E-state index contributed by atoms with van der Waals surface area (Å²) in [6.07, 6.45) is 3.22. The second-order valence-corrected chi connectivity index (χ2v) is 9.97. The Morgan fingerprint density at radius 3 is 2.10 bits per heavy atom. The third-order valence-corrected chi connectivity index (χ3v) is 5.00. The maximum Gasteiger partial charge on any atom is 0.345 e. The van der Waals surface area contributed by atoms with Crippen LogP contribution in [0.15, 0.2) is 35.6 Å². The van der Waals surface area contributed by atoms with Gasteiger partial charge in [-0.15, -0.1) is 0 Å². The number of aliphatic hydroxyl groups is 1. The Bertz CT molecular complexity index is 747. The highest BCUT2D eigenvalue weighted by Crippen LogP contribution is 2.36. The molecule has 0 heterocycles. The summed E-state index contributed by atoms with van der Waals surface area (Å²) in [6.45, 7) is 15.1. The van der Waals surface area contributed by atoms with Crippen LogP contribution in [0.1, 0.15) is 86.1 Å². The van der Waals surface area contributed by atoms with Crippen molar-refractivity contribution in [2.45, 2.75) is 86.0 Å². The molecule has 1 rings (SSSR count). The quantitative estimate of drug-likeness (QED) is 0.105. The molecule has 1 aromatic rings. The van der Waals surface area contributed by atoms with Gasteiger partial charge in [0.1, 0.15) is 17.1 Å². The number of unbranched alkanes of at least 4 members (excludes halogenated alkanes) is 1. The minimum absolute atomic E-state index is 0.0693. The second kappa shape index (κ2) is 11.9. The van der Waals surface area contributed by atoms with E-state index in [1.54, 1.807) is 0 Å². The van der Waals surface area contributed by atoms with Gasteiger partial charge >= 0.3 is 5.97 Å². The number of aliphatic hydroxyl groups excluding tert-OH is 1. The molecule has 0 unspecified atom stereocenters. The van der Waals surface area contributed by atoms with Gasteiger partial charge in [-0.2, -0.15) is 0 Å². The van der Waals surface area contributed by atoms with E-state index in [-0.39, 0.29) is 35.2 Å². The van der Waals surface area contributed by atoms with Crippen LogP contribution in [0.25, 0.3) is 0 Å². The molecule has 5 heteroatoms. The zero-order valence-corrected chi connectivity index (χ0v) is 20.3. The first-order chi connectivity index (χ1) is 14.4. The smallest absolute Gasteiger partial charge is 0.345 e. The molecule has 0 saturated carbocycles. The highest BCUT2D eigenvalue weighted by molar-refractivity contribution is 6.17. The minimum atomic E-state index is -0.757. The number of hydrogen-bond donors (Lipinski definition) is 1. The van der Waals surface area contributed by atoms with E-state index in [9.17, 15) is 14.7 Å². The van der Waals surface area contributed by atoms with Crippen LogP contribution in [-0.2, 0) is 19.7 Å². The number of ether oxygens (including phenoxy) is 2. The van der Waals surface area contributed by atoms with E-state index in [0.29, 0.717) is 13.0 Å². The maximum atomic E-state index is 12.4. The van der Waals surface area contributed by atoms with Gasteiger partial charge in [0.15, 0.2) is 5.78 Å². The lowest BCUT2D eigenvalue weighted by atomic mass is 9.72. The Balaban J connectivity index is 2.55. The molecule has 0 aliphatic carbocycles. The lowest BCUT2D eigenvalue weighted by molar-refractivity contribution is -0.140. The van der Waals surface area contributed by atoms with Crippen molar-refractivity contribution in [3.63, 3.8) is 0 Å². The first-order valence-corrected chi connectivity index (χ1v) is 11.2. The molecule has 0 aliphatic rings. The van der Waals surface area contributed by atoms with Gasteiger partial charge in [0.25, 0.3) is 0 Å². The molecule has 0 atom stereocenters. The molecule has 1 aromatic carbocycles. The zero-order chi connectivity index (χ0) is 23.7. The Morgan fingerprint density at radius 1 is 0.968 bits per heavy atom. The van der Waals surface area contributed by atoms with E-state index in [4.69, 9.17) is 9.47 Å². The number of hydrogen-bond acceptors (Lipinski definition) is 5. The molecule has 5 nitrogen and oxygen atoms in total. The molecule has 0 radical (unpaired) electrons. The van der Waals surface area contributed by atoms with Crippen molar-refractivity contribution >= 4 is 11.8 Å².